The average molecular weight is 918 g/mol. The monoisotopic (exact) mass is 918 g/mol. The van der Waals surface area contributed by atoms with E-state index < -0.39 is 94.9 Å². The van der Waals surface area contributed by atoms with Crippen LogP contribution in [0.2, 0.25) is 0 Å². The van der Waals surface area contributed by atoms with E-state index in [1.54, 1.807) is 34.0 Å². The van der Waals surface area contributed by atoms with Crippen LogP contribution in [0.5, 0.6) is 0 Å². The molecular formula is C50H79NO14. The number of cyclic esters (lactones) is 1. The quantitative estimate of drug-likeness (QED) is 0.147. The van der Waals surface area contributed by atoms with E-state index in [0.717, 1.165) is 5.57 Å². The normalized spacial score (nSPS) is 41.9. The van der Waals surface area contributed by atoms with Crippen molar-refractivity contribution >= 4 is 23.4 Å². The van der Waals surface area contributed by atoms with Crippen molar-refractivity contribution in [1.82, 2.24) is 4.90 Å². The summed E-state index contributed by atoms with van der Waals surface area (Å²) in [6.07, 6.45) is 6.01. The fraction of sp³-hybridized carbons (Fsp3) is 0.800. The van der Waals surface area contributed by atoms with Crippen molar-refractivity contribution in [3.05, 3.63) is 35.5 Å². The summed E-state index contributed by atoms with van der Waals surface area (Å²) in [5, 5.41) is 46.1. The van der Waals surface area contributed by atoms with Gasteiger partial charge in [-0.3, -0.25) is 14.4 Å². The topological polar surface area (TPSA) is 208 Å². The average Bonchev–Trinajstić information content (AvgIpc) is 3.54. The number of piperidine rings is 1. The second-order valence-electron chi connectivity index (χ2n) is 20.7. The number of amides is 1. The van der Waals surface area contributed by atoms with Gasteiger partial charge in [-0.25, -0.2) is 4.79 Å². The van der Waals surface area contributed by atoms with E-state index in [1.807, 2.05) is 45.9 Å². The van der Waals surface area contributed by atoms with Crippen molar-refractivity contribution in [2.45, 2.75) is 179 Å². The summed E-state index contributed by atoms with van der Waals surface area (Å²) >= 11 is 0. The highest BCUT2D eigenvalue weighted by Crippen LogP contribution is 2.41. The van der Waals surface area contributed by atoms with Crippen LogP contribution in [0, 0.1) is 35.0 Å². The van der Waals surface area contributed by atoms with Gasteiger partial charge in [0.05, 0.1) is 43.7 Å². The lowest BCUT2D eigenvalue weighted by molar-refractivity contribution is -0.302. The maximum Gasteiger partial charge on any atom is 0.329 e. The summed E-state index contributed by atoms with van der Waals surface area (Å²) < 4.78 is 35.6. The number of ether oxygens (including phenoxy) is 6. The second-order valence-corrected chi connectivity index (χ2v) is 20.7. The van der Waals surface area contributed by atoms with Crippen LogP contribution >= 0.6 is 0 Å². The van der Waals surface area contributed by atoms with E-state index >= 15 is 0 Å². The Morgan fingerprint density at radius 1 is 0.877 bits per heavy atom. The minimum absolute atomic E-state index is 0.0438. The third-order valence-corrected chi connectivity index (χ3v) is 15.2. The van der Waals surface area contributed by atoms with Gasteiger partial charge in [0.25, 0.3) is 11.7 Å². The van der Waals surface area contributed by atoms with Gasteiger partial charge in [0.15, 0.2) is 0 Å². The summed E-state index contributed by atoms with van der Waals surface area (Å²) in [6.45, 7) is 13.6. The number of fused-ring (bicyclic) bond motifs is 3. The summed E-state index contributed by atoms with van der Waals surface area (Å²) in [5.74, 6) is -8.23. The highest BCUT2D eigenvalue weighted by atomic mass is 16.7. The van der Waals surface area contributed by atoms with Crippen molar-refractivity contribution in [1.29, 1.82) is 0 Å². The van der Waals surface area contributed by atoms with E-state index in [-0.39, 0.29) is 62.6 Å². The molecule has 4 fully saturated rings. The van der Waals surface area contributed by atoms with Crippen molar-refractivity contribution in [2.75, 3.05) is 41.1 Å². The van der Waals surface area contributed by atoms with Crippen LogP contribution in [0.25, 0.3) is 0 Å². The molecule has 65 heavy (non-hydrogen) atoms. The molecule has 5 aliphatic rings. The summed E-state index contributed by atoms with van der Waals surface area (Å²) in [6, 6.07) is -1.18. The van der Waals surface area contributed by atoms with E-state index in [1.165, 1.54) is 19.1 Å². The molecule has 5 rings (SSSR count). The van der Waals surface area contributed by atoms with Gasteiger partial charge in [0.1, 0.15) is 29.6 Å². The van der Waals surface area contributed by atoms with Crippen LogP contribution in [-0.4, -0.2) is 150 Å². The molecule has 3 saturated heterocycles. The summed E-state index contributed by atoms with van der Waals surface area (Å²) in [4.78, 5) is 58.8. The van der Waals surface area contributed by atoms with Crippen molar-refractivity contribution in [3.63, 3.8) is 0 Å². The van der Waals surface area contributed by atoms with Crippen LogP contribution in [0.4, 0.5) is 0 Å². The van der Waals surface area contributed by atoms with Gasteiger partial charge in [0.2, 0.25) is 5.79 Å². The Morgan fingerprint density at radius 3 is 2.20 bits per heavy atom. The molecule has 0 spiro atoms. The summed E-state index contributed by atoms with van der Waals surface area (Å²) in [5.41, 5.74) is -0.239. The van der Waals surface area contributed by atoms with Gasteiger partial charge >= 0.3 is 5.97 Å². The molecule has 15 nitrogen and oxygen atoms in total. The first-order valence-corrected chi connectivity index (χ1v) is 23.9. The van der Waals surface area contributed by atoms with Crippen LogP contribution in [0.1, 0.15) is 119 Å². The predicted octanol–water partition coefficient (Wildman–Crippen LogP) is 4.80. The zero-order valence-electron chi connectivity index (χ0n) is 40.5. The SMILES string of the molecule is CO[C@H]1C[C@@H](C)C/C(C)=C/[C@@H](C/C=C/C2(O)COCC2(C)C)C(=O)C[C@H](O)[C@@H](C)[C@@H](/C(C)=C/[C@@H]2CC[C@@H](O)[C@H](OC)C2)OC(=O)[C@@H]2CCCCN2C(=O)C(=O)[C@]2(O)O[C@H]1[C@@H](OC)C[C@H]2C. The fourth-order valence-corrected chi connectivity index (χ4v) is 10.7. The van der Waals surface area contributed by atoms with Crippen molar-refractivity contribution in [2.24, 2.45) is 35.0 Å². The predicted molar refractivity (Wildman–Crippen MR) is 241 cm³/mol. The Labute approximate surface area is 386 Å². The molecule has 1 aliphatic carbocycles. The zero-order chi connectivity index (χ0) is 48.0. The van der Waals surface area contributed by atoms with E-state index in [4.69, 9.17) is 28.4 Å². The largest absolute Gasteiger partial charge is 0.456 e. The Bertz CT molecular complexity index is 1760. The maximum absolute atomic E-state index is 14.5. The second kappa shape index (κ2) is 22.5. The number of aliphatic hydroxyl groups is 4. The third-order valence-electron chi connectivity index (χ3n) is 15.2. The number of aliphatic hydroxyl groups excluding tert-OH is 2. The Kier molecular flexibility index (Phi) is 18.4. The maximum atomic E-state index is 14.5. The number of allylic oxidation sites excluding steroid dienone is 4. The minimum Gasteiger partial charge on any atom is -0.456 e. The Balaban J connectivity index is 1.56. The zero-order valence-corrected chi connectivity index (χ0v) is 40.5. The van der Waals surface area contributed by atoms with Crippen molar-refractivity contribution < 1.29 is 68.0 Å². The minimum atomic E-state index is -2.54. The van der Waals surface area contributed by atoms with Gasteiger partial charge < -0.3 is 53.7 Å². The summed E-state index contributed by atoms with van der Waals surface area (Å²) in [7, 11) is 4.59. The van der Waals surface area contributed by atoms with Gasteiger partial charge in [-0.15, -0.1) is 0 Å². The molecule has 4 aliphatic heterocycles. The molecular weight excluding hydrogens is 839 g/mol. The lowest BCUT2D eigenvalue weighted by Gasteiger charge is -2.47. The van der Waals surface area contributed by atoms with Gasteiger partial charge in [-0.05, 0) is 95.5 Å². The highest BCUT2D eigenvalue weighted by molar-refractivity contribution is 6.39. The molecule has 15 heteroatoms. The molecule has 1 saturated carbocycles. The van der Waals surface area contributed by atoms with E-state index in [0.29, 0.717) is 57.1 Å². The van der Waals surface area contributed by atoms with Crippen LogP contribution in [-0.2, 0) is 47.6 Å². The van der Waals surface area contributed by atoms with Crippen LogP contribution < -0.4 is 0 Å². The molecule has 1 amide bonds. The van der Waals surface area contributed by atoms with Crippen molar-refractivity contribution in [3.8, 4) is 0 Å². The Hall–Kier alpha value is -2.86. The number of hydrogen-bond donors (Lipinski definition) is 4. The molecule has 368 valence electrons. The number of esters is 1. The molecule has 4 N–H and O–H groups in total. The lowest BCUT2D eigenvalue weighted by atomic mass is 9.77. The number of Topliss-reactive ketones (excluding diaryl/α,β-unsaturated/α-hetero) is 2. The molecule has 0 aromatic rings. The number of carbonyl (C=O) groups is 4. The van der Waals surface area contributed by atoms with Crippen LogP contribution in [0.15, 0.2) is 35.5 Å². The molecule has 4 heterocycles. The van der Waals surface area contributed by atoms with Gasteiger partial charge in [-0.2, -0.15) is 0 Å². The standard InChI is InChI=1S/C50H79NO14/c1-29-20-30(2)22-41(61-9)44-42(62-10)24-32(4)50(59,65-44)45(55)46(56)51-19-12-11-15-36(51)47(57)64-43(31(3)23-34-16-17-37(52)40(25-34)60-8)33(5)38(53)26-39(54)35(21-29)14-13-18-49(58)28-63-27-48(49,6)7/h13,18,21,23,30,32-38,40-44,52-53,58-59H,11-12,14-17,19-20,22,24-28H2,1-10H3/b18-13+,29-21+,31-23+/t30-,32+,33+,34-,35+,36-,37+,38-,40+,41-,42-,43+,44+,49?,50+/m0/s1. The number of rotatable bonds is 8. The molecule has 0 radical (unpaired) electrons. The molecule has 0 aromatic heterocycles. The first kappa shape index (κ1) is 53.1. The number of nitrogens with zero attached hydrogens (tertiary/aromatic N) is 1. The first-order chi connectivity index (χ1) is 30.6. The van der Waals surface area contributed by atoms with Gasteiger partial charge in [-0.1, -0.05) is 64.5 Å². The van der Waals surface area contributed by atoms with Crippen LogP contribution in [0.3, 0.4) is 0 Å². The number of ketones is 2. The fourth-order valence-electron chi connectivity index (χ4n) is 10.7. The lowest BCUT2D eigenvalue weighted by Crippen LogP contribution is -2.64. The van der Waals surface area contributed by atoms with Gasteiger partial charge in [0, 0.05) is 57.5 Å². The molecule has 1 unspecified atom stereocenters. The third kappa shape index (κ3) is 12.2. The number of hydrogen-bond acceptors (Lipinski definition) is 14. The molecule has 2 bridgehead atoms. The Morgan fingerprint density at radius 2 is 1.55 bits per heavy atom. The molecule has 15 atom stereocenters. The van der Waals surface area contributed by atoms with E-state index in [2.05, 4.69) is 0 Å². The number of methoxy groups -OCH3 is 3. The first-order valence-electron chi connectivity index (χ1n) is 23.9. The van der Waals surface area contributed by atoms with E-state index in [9.17, 15) is 39.6 Å². The highest BCUT2D eigenvalue weighted by Gasteiger charge is 2.57. The smallest absolute Gasteiger partial charge is 0.329 e. The number of carbonyl (C=O) groups excluding carboxylic acids is 4. The molecule has 0 aromatic carbocycles.